The van der Waals surface area contributed by atoms with Crippen molar-refractivity contribution < 1.29 is 4.79 Å². The summed E-state index contributed by atoms with van der Waals surface area (Å²) >= 11 is 0. The van der Waals surface area contributed by atoms with Gasteiger partial charge in [0.05, 0.1) is 0 Å². The molecular weight excluding hydrogens is 248 g/mol. The van der Waals surface area contributed by atoms with E-state index in [0.717, 1.165) is 24.9 Å². The van der Waals surface area contributed by atoms with Crippen molar-refractivity contribution in [2.45, 2.75) is 64.3 Å². The van der Waals surface area contributed by atoms with Crippen LogP contribution in [-0.2, 0) is 0 Å². The van der Waals surface area contributed by atoms with Gasteiger partial charge < -0.3 is 10.6 Å². The number of hydrogen-bond donors (Lipinski definition) is 2. The van der Waals surface area contributed by atoms with E-state index in [-0.39, 0.29) is 6.03 Å². The van der Waals surface area contributed by atoms with Crippen molar-refractivity contribution in [3.05, 3.63) is 29.8 Å². The number of hydrogen-bond acceptors (Lipinski definition) is 1. The molecule has 1 fully saturated rings. The van der Waals surface area contributed by atoms with Crippen molar-refractivity contribution in [1.29, 1.82) is 0 Å². The average Bonchev–Trinajstić information content (AvgIpc) is 2.48. The highest BCUT2D eigenvalue weighted by atomic mass is 16.2. The Kier molecular flexibility index (Phi) is 5.45. The van der Waals surface area contributed by atoms with Crippen LogP contribution >= 0.6 is 0 Å². The molecule has 0 unspecified atom stereocenters. The number of amides is 2. The first-order valence-corrected chi connectivity index (χ1v) is 7.86. The summed E-state index contributed by atoms with van der Waals surface area (Å²) < 4.78 is 0. The number of anilines is 1. The van der Waals surface area contributed by atoms with Gasteiger partial charge in [-0.3, -0.25) is 0 Å². The second kappa shape index (κ2) is 7.32. The average molecular weight is 274 g/mol. The zero-order chi connectivity index (χ0) is 14.4. The van der Waals surface area contributed by atoms with Gasteiger partial charge in [0.2, 0.25) is 0 Å². The molecule has 2 amide bonds. The lowest BCUT2D eigenvalue weighted by molar-refractivity contribution is 0.244. The number of carbonyl (C=O) groups is 1. The minimum atomic E-state index is -0.0758. The minimum absolute atomic E-state index is 0.0758. The Labute approximate surface area is 122 Å². The van der Waals surface area contributed by atoms with E-state index in [1.165, 1.54) is 24.8 Å². The Bertz CT molecular complexity index is 421. The fraction of sp³-hybridized carbons (Fsp3) is 0.588. The Morgan fingerprint density at radius 2 is 1.85 bits per heavy atom. The quantitative estimate of drug-likeness (QED) is 0.824. The van der Waals surface area contributed by atoms with Gasteiger partial charge in [-0.2, -0.15) is 0 Å². The molecule has 110 valence electrons. The molecule has 0 aliphatic heterocycles. The smallest absolute Gasteiger partial charge is 0.319 e. The third-order valence-corrected chi connectivity index (χ3v) is 4.29. The summed E-state index contributed by atoms with van der Waals surface area (Å²) in [5.41, 5.74) is 2.19. The van der Waals surface area contributed by atoms with Crippen LogP contribution in [0.25, 0.3) is 0 Å². The van der Waals surface area contributed by atoms with Gasteiger partial charge in [-0.25, -0.2) is 4.79 Å². The molecule has 3 nitrogen and oxygen atoms in total. The zero-order valence-electron chi connectivity index (χ0n) is 12.6. The molecule has 1 aromatic carbocycles. The second-order valence-corrected chi connectivity index (χ2v) is 5.86. The third-order valence-electron chi connectivity index (χ3n) is 4.29. The minimum Gasteiger partial charge on any atom is -0.335 e. The molecule has 1 aliphatic carbocycles. The number of nitrogens with one attached hydrogen (secondary N) is 2. The van der Waals surface area contributed by atoms with E-state index < -0.39 is 0 Å². The maximum atomic E-state index is 11.9. The van der Waals surface area contributed by atoms with Gasteiger partial charge in [-0.15, -0.1) is 0 Å². The van der Waals surface area contributed by atoms with Crippen molar-refractivity contribution in [2.75, 3.05) is 5.32 Å². The molecule has 20 heavy (non-hydrogen) atoms. The number of carbonyl (C=O) groups excluding carboxylic acids is 1. The van der Waals surface area contributed by atoms with E-state index in [1.807, 2.05) is 12.1 Å². The summed E-state index contributed by atoms with van der Waals surface area (Å²) in [7, 11) is 0. The van der Waals surface area contributed by atoms with Crippen LogP contribution < -0.4 is 10.6 Å². The summed E-state index contributed by atoms with van der Waals surface area (Å²) in [5.74, 6) is 0.570. The van der Waals surface area contributed by atoms with Crippen LogP contribution in [0.1, 0.15) is 63.9 Å². The maximum Gasteiger partial charge on any atom is 0.319 e. The second-order valence-electron chi connectivity index (χ2n) is 5.86. The zero-order valence-corrected chi connectivity index (χ0v) is 12.6. The molecule has 0 heterocycles. The molecule has 0 spiro atoms. The van der Waals surface area contributed by atoms with Crippen molar-refractivity contribution in [3.63, 3.8) is 0 Å². The van der Waals surface area contributed by atoms with Crippen molar-refractivity contribution in [1.82, 2.24) is 5.32 Å². The van der Waals surface area contributed by atoms with Crippen LogP contribution in [0.15, 0.2) is 24.3 Å². The van der Waals surface area contributed by atoms with Crippen LogP contribution in [0.5, 0.6) is 0 Å². The number of benzene rings is 1. The summed E-state index contributed by atoms with van der Waals surface area (Å²) in [6.07, 6.45) is 7.12. The van der Waals surface area contributed by atoms with E-state index in [9.17, 15) is 4.79 Å². The first-order chi connectivity index (χ1) is 9.69. The van der Waals surface area contributed by atoms with Crippen LogP contribution in [0, 0.1) is 0 Å². The van der Waals surface area contributed by atoms with Crippen LogP contribution in [0.2, 0.25) is 0 Å². The van der Waals surface area contributed by atoms with Gasteiger partial charge in [0.15, 0.2) is 0 Å². The molecule has 0 radical (unpaired) electrons. The van der Waals surface area contributed by atoms with Crippen molar-refractivity contribution >= 4 is 11.7 Å². The highest BCUT2D eigenvalue weighted by Gasteiger charge is 2.15. The normalized spacial score (nSPS) is 17.5. The van der Waals surface area contributed by atoms with Gasteiger partial charge in [0.25, 0.3) is 0 Å². The maximum absolute atomic E-state index is 11.9. The SMILES string of the molecule is CC[C@H](C)c1ccc(NC(=O)NC2CCCCC2)cc1. The Hall–Kier alpha value is -1.51. The van der Waals surface area contributed by atoms with Crippen LogP contribution in [0.3, 0.4) is 0 Å². The molecule has 1 aromatic rings. The van der Waals surface area contributed by atoms with Crippen molar-refractivity contribution in [3.8, 4) is 0 Å². The first-order valence-electron chi connectivity index (χ1n) is 7.86. The molecule has 3 heteroatoms. The van der Waals surface area contributed by atoms with E-state index in [2.05, 4.69) is 36.6 Å². The molecule has 1 saturated carbocycles. The summed E-state index contributed by atoms with van der Waals surface area (Å²) in [6.45, 7) is 4.41. The molecule has 2 rings (SSSR count). The summed E-state index contributed by atoms with van der Waals surface area (Å²) in [5, 5.41) is 5.99. The third kappa shape index (κ3) is 4.26. The monoisotopic (exact) mass is 274 g/mol. The topological polar surface area (TPSA) is 41.1 Å². The number of rotatable bonds is 4. The number of urea groups is 1. The fourth-order valence-electron chi connectivity index (χ4n) is 2.73. The van der Waals surface area contributed by atoms with Gasteiger partial charge >= 0.3 is 6.03 Å². The predicted molar refractivity (Wildman–Crippen MR) is 84.2 cm³/mol. The lowest BCUT2D eigenvalue weighted by Gasteiger charge is -2.22. The summed E-state index contributed by atoms with van der Waals surface area (Å²) in [6, 6.07) is 8.45. The molecule has 1 aliphatic rings. The molecule has 0 aromatic heterocycles. The van der Waals surface area contributed by atoms with Crippen LogP contribution in [0.4, 0.5) is 10.5 Å². The van der Waals surface area contributed by atoms with E-state index >= 15 is 0 Å². The first kappa shape index (κ1) is 14.9. The molecular formula is C17H26N2O. The molecule has 1 atom stereocenters. The van der Waals surface area contributed by atoms with Gasteiger partial charge in [-0.1, -0.05) is 45.2 Å². The van der Waals surface area contributed by atoms with Gasteiger partial charge in [-0.05, 0) is 42.9 Å². The molecule has 2 N–H and O–H groups in total. The van der Waals surface area contributed by atoms with Gasteiger partial charge in [0.1, 0.15) is 0 Å². The summed E-state index contributed by atoms with van der Waals surface area (Å²) in [4.78, 5) is 11.9. The van der Waals surface area contributed by atoms with Gasteiger partial charge in [0, 0.05) is 11.7 Å². The Balaban J connectivity index is 1.84. The highest BCUT2D eigenvalue weighted by Crippen LogP contribution is 2.21. The fourth-order valence-corrected chi connectivity index (χ4v) is 2.73. The standard InChI is InChI=1S/C17H26N2O/c1-3-13(2)14-9-11-16(12-10-14)19-17(20)18-15-7-5-4-6-8-15/h9-13,15H,3-8H2,1-2H3,(H2,18,19,20)/t13-/m0/s1. The van der Waals surface area contributed by atoms with Crippen molar-refractivity contribution in [2.24, 2.45) is 0 Å². The molecule has 0 bridgehead atoms. The molecule has 0 saturated heterocycles. The Morgan fingerprint density at radius 3 is 2.45 bits per heavy atom. The van der Waals surface area contributed by atoms with Crippen LogP contribution in [-0.4, -0.2) is 12.1 Å². The Morgan fingerprint density at radius 1 is 1.20 bits per heavy atom. The highest BCUT2D eigenvalue weighted by molar-refractivity contribution is 5.89. The van der Waals surface area contributed by atoms with E-state index in [0.29, 0.717) is 12.0 Å². The lowest BCUT2D eigenvalue weighted by atomic mass is 9.96. The van der Waals surface area contributed by atoms with E-state index in [4.69, 9.17) is 0 Å². The van der Waals surface area contributed by atoms with E-state index in [1.54, 1.807) is 0 Å². The lowest BCUT2D eigenvalue weighted by Crippen LogP contribution is -2.38. The predicted octanol–water partition coefficient (Wildman–Crippen LogP) is 4.65. The largest absolute Gasteiger partial charge is 0.335 e.